The van der Waals surface area contributed by atoms with Crippen molar-refractivity contribution in [1.82, 2.24) is 0 Å². The molecule has 0 N–H and O–H groups in total. The molecule has 0 nitrogen and oxygen atoms in total. The maximum atomic E-state index is 12.9. The quantitative estimate of drug-likeness (QED) is 0.0557. The molecule has 3 rings (SSSR count). The van der Waals surface area contributed by atoms with Gasteiger partial charge in [-0.1, -0.05) is 0 Å². The van der Waals surface area contributed by atoms with Crippen LogP contribution in [0.4, 0.5) is 39.5 Å². The molecular formula is C42H60F9I12P3. The minimum atomic E-state index is -0.827. The maximum absolute atomic E-state index is 12.9. The highest BCUT2D eigenvalue weighted by Gasteiger charge is 2.29. The van der Waals surface area contributed by atoms with Gasteiger partial charge in [0.25, 0.3) is 0 Å². The smallest absolute Gasteiger partial charge is 0.155 e. The molecule has 3 aromatic carbocycles. The second-order valence-corrected chi connectivity index (χ2v) is 38.8. The first-order valence-electron chi connectivity index (χ1n) is 20.2. The molecule has 0 bridgehead atoms. The Hall–Kier alpha value is 7.08. The molecule has 0 aliphatic rings. The van der Waals surface area contributed by atoms with Gasteiger partial charge in [-0.15, -0.1) is 0 Å². The lowest BCUT2D eigenvalue weighted by Crippen LogP contribution is -3.00. The topological polar surface area (TPSA) is 0 Å². The lowest BCUT2D eigenvalue weighted by molar-refractivity contribution is -0.00100. The van der Waals surface area contributed by atoms with Crippen LogP contribution in [0.1, 0.15) is 83.1 Å². The molecule has 0 saturated carbocycles. The highest BCUT2D eigenvalue weighted by atomic mass is 127. The van der Waals surface area contributed by atoms with Gasteiger partial charge < -0.3 is 71.9 Å². The van der Waals surface area contributed by atoms with Crippen LogP contribution in [0.5, 0.6) is 0 Å². The predicted octanol–water partition coefficient (Wildman–Crippen LogP) is 12.0. The lowest BCUT2D eigenvalue weighted by atomic mass is 10.3. The molecule has 0 radical (unpaired) electrons. The molecule has 0 unspecified atom stereocenters. The summed E-state index contributed by atoms with van der Waals surface area (Å²) in [6, 6.07) is 0. The Balaban J connectivity index is -0.000000163. The van der Waals surface area contributed by atoms with E-state index in [1.165, 1.54) is 277 Å². The summed E-state index contributed by atoms with van der Waals surface area (Å²) in [5.74, 6) is -7.44. The predicted molar refractivity (Wildman–Crippen MR) is 341 cm³/mol. The van der Waals surface area contributed by atoms with E-state index in [2.05, 4.69) is 83.1 Å². The van der Waals surface area contributed by atoms with Crippen LogP contribution in [-0.2, 0) is 0 Å². The highest BCUT2D eigenvalue weighted by Crippen LogP contribution is 2.58. The Morgan fingerprint density at radius 2 is 0.273 bits per heavy atom. The Morgan fingerprint density at radius 1 is 0.212 bits per heavy atom. The van der Waals surface area contributed by atoms with E-state index in [0.717, 1.165) is 0 Å². The van der Waals surface area contributed by atoms with Gasteiger partial charge in [0, 0.05) is 21.8 Å². The summed E-state index contributed by atoms with van der Waals surface area (Å²) >= 11 is 13.6. The highest BCUT2D eigenvalue weighted by molar-refractivity contribution is 14.1. The zero-order valence-corrected chi connectivity index (χ0v) is 67.3. The van der Waals surface area contributed by atoms with E-state index in [1.54, 1.807) is 0 Å². The number of halogens is 21. The van der Waals surface area contributed by atoms with E-state index in [4.69, 9.17) is 0 Å². The molecule has 0 aliphatic carbocycles. The monoisotopic (exact) mass is 2350 g/mol. The number of hydrogen-bond acceptors (Lipinski definition) is 0. The van der Waals surface area contributed by atoms with Crippen molar-refractivity contribution in [3.8, 4) is 0 Å². The van der Waals surface area contributed by atoms with Gasteiger partial charge in [-0.3, -0.25) is 0 Å². The average Bonchev–Trinajstić information content (AvgIpc) is 3.32. The molecule has 0 heterocycles. The molecule has 0 aromatic heterocycles. The summed E-state index contributed by atoms with van der Waals surface area (Å²) in [4.78, 5) is 0. The molecule has 0 saturated heterocycles. The summed E-state index contributed by atoms with van der Waals surface area (Å²) in [5.41, 5.74) is 0. The maximum Gasteiger partial charge on any atom is 0.155 e. The first-order valence-corrected chi connectivity index (χ1v) is 37.5. The van der Waals surface area contributed by atoms with Crippen molar-refractivity contribution in [1.29, 1.82) is 0 Å². The van der Waals surface area contributed by atoms with Crippen molar-refractivity contribution in [2.75, 3.05) is 73.9 Å². The van der Waals surface area contributed by atoms with E-state index in [-0.39, 0.29) is 104 Å². The van der Waals surface area contributed by atoms with Gasteiger partial charge in [-0.05, 0) is 286 Å². The van der Waals surface area contributed by atoms with Crippen molar-refractivity contribution >= 4 is 225 Å². The molecule has 3 aromatic rings. The molecule has 0 atom stereocenters. The Kier molecular flexibility index (Phi) is 56.1. The van der Waals surface area contributed by atoms with Crippen LogP contribution < -0.4 is 71.9 Å². The van der Waals surface area contributed by atoms with Crippen LogP contribution in [0.25, 0.3) is 0 Å². The van der Waals surface area contributed by atoms with Crippen LogP contribution in [-0.4, -0.2) is 73.9 Å². The fraction of sp³-hybridized carbons (Fsp3) is 0.571. The van der Waals surface area contributed by atoms with Crippen LogP contribution in [0.3, 0.4) is 0 Å². The molecule has 0 amide bonds. The van der Waals surface area contributed by atoms with E-state index < -0.39 is 74.1 Å². The third-order valence-electron chi connectivity index (χ3n) is 11.5. The summed E-state index contributed by atoms with van der Waals surface area (Å²) < 4.78 is 115. The Morgan fingerprint density at radius 3 is 0.303 bits per heavy atom. The first kappa shape index (κ1) is 84.4. The van der Waals surface area contributed by atoms with Gasteiger partial charge in [-0.25, -0.2) is 39.5 Å². The van der Waals surface area contributed by atoms with E-state index in [9.17, 15) is 39.5 Å². The van der Waals surface area contributed by atoms with Crippen LogP contribution in [0.2, 0.25) is 0 Å². The largest absolute Gasteiger partial charge is 1.00 e. The summed E-state index contributed by atoms with van der Waals surface area (Å²) in [6.07, 6.45) is 17.5. The van der Waals surface area contributed by atoms with Gasteiger partial charge in [0.2, 0.25) is 0 Å². The Labute approximate surface area is 567 Å². The van der Waals surface area contributed by atoms with Gasteiger partial charge in [0.1, 0.15) is 0 Å². The summed E-state index contributed by atoms with van der Waals surface area (Å²) in [5, 5.41) is 0. The minimum Gasteiger partial charge on any atom is -1.00 e. The molecule has 390 valence electrons. The van der Waals surface area contributed by atoms with Crippen molar-refractivity contribution in [3.63, 3.8) is 0 Å². The van der Waals surface area contributed by atoms with Crippen molar-refractivity contribution < 1.29 is 111 Å². The SMILES string of the molecule is CC[P+](CC)(CC)CC.CC[P+](CC)(CC)CC.CC[P+](CC)(CC)CC.Fc1c(I)c(F)c(I)c(F)c1I.Fc1c(I)c(F)c(I)c(F)c1I.Fc1c(I)c(F)c(I)c(F)c1I.[I-].[I-].[I-]. The van der Waals surface area contributed by atoms with Gasteiger partial charge in [-0.2, -0.15) is 0 Å². The fourth-order valence-corrected chi connectivity index (χ4v) is 23.3. The number of hydrogen-bond donors (Lipinski definition) is 0. The standard InChI is InChI=1S/3C8H20P.3C6F3I3.3HI/c3*1-5-9(6-2,7-3)8-4;3*7-1-4(10)2(8)6(12)3(9)5(1)11;;;/h3*5-8H2,1-4H3;;;;3*1H/q3*+1;;;;;;/p-3. The van der Waals surface area contributed by atoms with Crippen molar-refractivity contribution in [2.24, 2.45) is 0 Å². The number of benzene rings is 3. The minimum absolute atomic E-state index is 0. The van der Waals surface area contributed by atoms with Gasteiger partial charge in [0.15, 0.2) is 52.4 Å². The third kappa shape index (κ3) is 26.4. The molecule has 0 spiro atoms. The van der Waals surface area contributed by atoms with E-state index in [1.807, 2.05) is 0 Å². The summed E-state index contributed by atoms with van der Waals surface area (Å²) in [7, 11) is -1.26. The third-order valence-corrected chi connectivity index (χ3v) is 36.1. The molecule has 24 heteroatoms. The molecule has 0 aliphatic heterocycles. The van der Waals surface area contributed by atoms with Crippen LogP contribution in [0, 0.1) is 84.5 Å². The van der Waals surface area contributed by atoms with Crippen LogP contribution in [0.15, 0.2) is 0 Å². The number of rotatable bonds is 12. The summed E-state index contributed by atoms with van der Waals surface area (Å²) in [6.45, 7) is 28.2. The average molecular weight is 2350 g/mol. The normalized spacial score (nSPS) is 10.6. The van der Waals surface area contributed by atoms with Crippen molar-refractivity contribution in [3.05, 3.63) is 84.5 Å². The zero-order valence-electron chi connectivity index (χ0n) is 38.8. The van der Waals surface area contributed by atoms with E-state index in [0.29, 0.717) is 0 Å². The van der Waals surface area contributed by atoms with Crippen molar-refractivity contribution in [2.45, 2.75) is 83.1 Å². The first-order chi connectivity index (χ1) is 29.1. The molecule has 0 fully saturated rings. The Bertz CT molecular complexity index is 1280. The second kappa shape index (κ2) is 43.9. The molecular weight excluding hydrogens is 2290 g/mol. The van der Waals surface area contributed by atoms with Gasteiger partial charge >= 0.3 is 0 Å². The lowest BCUT2D eigenvalue weighted by Gasteiger charge is -2.20. The zero-order chi connectivity index (χ0) is 50.4. The fourth-order valence-electron chi connectivity index (χ4n) is 5.76. The second-order valence-electron chi connectivity index (χ2n) is 13.5. The van der Waals surface area contributed by atoms with E-state index >= 15 is 0 Å². The van der Waals surface area contributed by atoms with Crippen LogP contribution >= 0.6 is 225 Å². The molecule has 66 heavy (non-hydrogen) atoms. The van der Waals surface area contributed by atoms with Gasteiger partial charge in [0.05, 0.1) is 106 Å².